The van der Waals surface area contributed by atoms with Crippen LogP contribution < -0.4 is 5.73 Å². The number of hydrogen-bond acceptors (Lipinski definition) is 2. The number of hydrogen-bond donors (Lipinski definition) is 2. The molecule has 0 heterocycles. The van der Waals surface area contributed by atoms with Crippen LogP contribution >= 0.6 is 0 Å². The summed E-state index contributed by atoms with van der Waals surface area (Å²) < 4.78 is 0. The lowest BCUT2D eigenvalue weighted by Crippen LogP contribution is -2.25. The van der Waals surface area contributed by atoms with Crippen molar-refractivity contribution >= 4 is 0 Å². The molecule has 0 aliphatic heterocycles. The molecule has 3 N–H and O–H groups in total. The quantitative estimate of drug-likeness (QED) is 0.779. The summed E-state index contributed by atoms with van der Waals surface area (Å²) in [6.07, 6.45) is 4.91. The highest BCUT2D eigenvalue weighted by atomic mass is 16.3. The average Bonchev–Trinajstić information content (AvgIpc) is 2.30. The molecular formula is C13H19NO. The molecule has 0 bridgehead atoms. The maximum atomic E-state index is 9.84. The van der Waals surface area contributed by atoms with Gasteiger partial charge in [-0.1, -0.05) is 31.0 Å². The molecular weight excluding hydrogens is 186 g/mol. The minimum absolute atomic E-state index is 0.433. The van der Waals surface area contributed by atoms with Crippen LogP contribution in [0.25, 0.3) is 0 Å². The van der Waals surface area contributed by atoms with E-state index in [2.05, 4.69) is 0 Å². The number of benzene rings is 1. The van der Waals surface area contributed by atoms with Crippen LogP contribution in [-0.2, 0) is 0 Å². The van der Waals surface area contributed by atoms with Crippen molar-refractivity contribution in [2.24, 2.45) is 11.7 Å². The van der Waals surface area contributed by atoms with Crippen molar-refractivity contribution in [2.45, 2.75) is 31.6 Å². The first kappa shape index (κ1) is 10.5. The SMILES string of the molecule is NCC1CCCCC1c1ccccc1O. The molecule has 0 radical (unpaired) electrons. The molecule has 1 aliphatic rings. The van der Waals surface area contributed by atoms with Gasteiger partial charge in [0.15, 0.2) is 0 Å². The van der Waals surface area contributed by atoms with Gasteiger partial charge in [0.25, 0.3) is 0 Å². The standard InChI is InChI=1S/C13H19NO/c14-9-10-5-1-2-6-11(10)12-7-3-4-8-13(12)15/h3-4,7-8,10-11,15H,1-2,5-6,9,14H2. The molecule has 1 aliphatic carbocycles. The van der Waals surface area contributed by atoms with Gasteiger partial charge in [-0.25, -0.2) is 0 Å². The van der Waals surface area contributed by atoms with E-state index in [1.165, 1.54) is 25.7 Å². The van der Waals surface area contributed by atoms with Gasteiger partial charge in [-0.2, -0.15) is 0 Å². The van der Waals surface area contributed by atoms with Gasteiger partial charge in [-0.05, 0) is 42.9 Å². The van der Waals surface area contributed by atoms with E-state index in [1.807, 2.05) is 18.2 Å². The molecule has 2 rings (SSSR count). The van der Waals surface area contributed by atoms with Crippen LogP contribution in [0, 0.1) is 5.92 Å². The van der Waals surface area contributed by atoms with E-state index in [4.69, 9.17) is 5.73 Å². The van der Waals surface area contributed by atoms with Gasteiger partial charge in [0.2, 0.25) is 0 Å². The summed E-state index contributed by atoms with van der Waals surface area (Å²) in [5.41, 5.74) is 6.89. The average molecular weight is 205 g/mol. The summed E-state index contributed by atoms with van der Waals surface area (Å²) in [6, 6.07) is 7.68. The highest BCUT2D eigenvalue weighted by molar-refractivity contribution is 5.35. The molecule has 2 unspecified atom stereocenters. The van der Waals surface area contributed by atoms with Gasteiger partial charge in [-0.3, -0.25) is 0 Å². The van der Waals surface area contributed by atoms with Gasteiger partial charge >= 0.3 is 0 Å². The van der Waals surface area contributed by atoms with Gasteiger partial charge in [-0.15, -0.1) is 0 Å². The van der Waals surface area contributed by atoms with Gasteiger partial charge in [0, 0.05) is 0 Å². The summed E-state index contributed by atoms with van der Waals surface area (Å²) in [5, 5.41) is 9.84. The summed E-state index contributed by atoms with van der Waals surface area (Å²) in [7, 11) is 0. The van der Waals surface area contributed by atoms with E-state index in [0.717, 1.165) is 12.1 Å². The van der Waals surface area contributed by atoms with Gasteiger partial charge in [0.1, 0.15) is 5.75 Å². The van der Waals surface area contributed by atoms with Crippen LogP contribution in [0.2, 0.25) is 0 Å². The molecule has 2 atom stereocenters. The van der Waals surface area contributed by atoms with Crippen molar-refractivity contribution in [3.63, 3.8) is 0 Å². The number of nitrogens with two attached hydrogens (primary N) is 1. The molecule has 1 saturated carbocycles. The predicted molar refractivity (Wildman–Crippen MR) is 61.9 cm³/mol. The Bertz CT molecular complexity index is 324. The normalized spacial score (nSPS) is 26.5. The minimum Gasteiger partial charge on any atom is -0.508 e. The molecule has 15 heavy (non-hydrogen) atoms. The van der Waals surface area contributed by atoms with E-state index in [-0.39, 0.29) is 0 Å². The number of aromatic hydroxyl groups is 1. The van der Waals surface area contributed by atoms with Crippen molar-refractivity contribution in [3.8, 4) is 5.75 Å². The molecule has 1 aromatic rings. The van der Waals surface area contributed by atoms with Gasteiger partial charge < -0.3 is 10.8 Å². The monoisotopic (exact) mass is 205 g/mol. The fourth-order valence-electron chi connectivity index (χ4n) is 2.70. The number of phenolic OH excluding ortho intramolecular Hbond substituents is 1. The second-order valence-electron chi connectivity index (χ2n) is 4.45. The van der Waals surface area contributed by atoms with Crippen molar-refractivity contribution in [1.82, 2.24) is 0 Å². The Kier molecular flexibility index (Phi) is 3.27. The Balaban J connectivity index is 2.24. The molecule has 2 nitrogen and oxygen atoms in total. The Morgan fingerprint density at radius 2 is 1.93 bits per heavy atom. The Hall–Kier alpha value is -1.02. The van der Waals surface area contributed by atoms with Crippen LogP contribution in [0.4, 0.5) is 0 Å². The zero-order valence-corrected chi connectivity index (χ0v) is 9.02. The molecule has 1 aromatic carbocycles. The fraction of sp³-hybridized carbons (Fsp3) is 0.538. The molecule has 0 aromatic heterocycles. The maximum absolute atomic E-state index is 9.84. The number of para-hydroxylation sites is 1. The Morgan fingerprint density at radius 1 is 1.20 bits per heavy atom. The molecule has 0 saturated heterocycles. The van der Waals surface area contributed by atoms with E-state index in [9.17, 15) is 5.11 Å². The zero-order valence-electron chi connectivity index (χ0n) is 9.02. The van der Waals surface area contributed by atoms with Crippen LogP contribution in [0.3, 0.4) is 0 Å². The minimum atomic E-state index is 0.433. The van der Waals surface area contributed by atoms with E-state index in [0.29, 0.717) is 17.6 Å². The summed E-state index contributed by atoms with van der Waals surface area (Å²) in [6.45, 7) is 0.735. The summed E-state index contributed by atoms with van der Waals surface area (Å²) >= 11 is 0. The first-order valence-corrected chi connectivity index (χ1v) is 5.81. The van der Waals surface area contributed by atoms with Gasteiger partial charge in [0.05, 0.1) is 0 Å². The lowest BCUT2D eigenvalue weighted by atomic mass is 9.75. The van der Waals surface area contributed by atoms with Crippen molar-refractivity contribution in [2.75, 3.05) is 6.54 Å². The molecule has 1 fully saturated rings. The van der Waals surface area contributed by atoms with Crippen molar-refractivity contribution in [3.05, 3.63) is 29.8 Å². The zero-order chi connectivity index (χ0) is 10.7. The van der Waals surface area contributed by atoms with Crippen molar-refractivity contribution in [1.29, 1.82) is 0 Å². The summed E-state index contributed by atoms with van der Waals surface area (Å²) in [4.78, 5) is 0. The van der Waals surface area contributed by atoms with E-state index < -0.39 is 0 Å². The number of rotatable bonds is 2. The highest BCUT2D eigenvalue weighted by Gasteiger charge is 2.26. The lowest BCUT2D eigenvalue weighted by molar-refractivity contribution is 0.307. The Morgan fingerprint density at radius 3 is 2.67 bits per heavy atom. The smallest absolute Gasteiger partial charge is 0.119 e. The van der Waals surface area contributed by atoms with Crippen LogP contribution in [0.15, 0.2) is 24.3 Å². The third kappa shape index (κ3) is 2.15. The van der Waals surface area contributed by atoms with E-state index >= 15 is 0 Å². The van der Waals surface area contributed by atoms with Crippen LogP contribution in [0.5, 0.6) is 5.75 Å². The lowest BCUT2D eigenvalue weighted by Gasteiger charge is -2.31. The third-order valence-corrected chi connectivity index (χ3v) is 3.55. The Labute approximate surface area is 91.1 Å². The molecule has 82 valence electrons. The first-order chi connectivity index (χ1) is 7.33. The molecule has 0 amide bonds. The van der Waals surface area contributed by atoms with Crippen LogP contribution in [0.1, 0.15) is 37.2 Å². The van der Waals surface area contributed by atoms with Crippen molar-refractivity contribution < 1.29 is 5.11 Å². The van der Waals surface area contributed by atoms with E-state index in [1.54, 1.807) is 6.07 Å². The second-order valence-corrected chi connectivity index (χ2v) is 4.45. The molecule has 0 spiro atoms. The largest absolute Gasteiger partial charge is 0.508 e. The highest BCUT2D eigenvalue weighted by Crippen LogP contribution is 2.40. The summed E-state index contributed by atoms with van der Waals surface area (Å²) in [5.74, 6) is 1.44. The first-order valence-electron chi connectivity index (χ1n) is 5.81. The van der Waals surface area contributed by atoms with Crippen LogP contribution in [-0.4, -0.2) is 11.7 Å². The number of phenols is 1. The predicted octanol–water partition coefficient (Wildman–Crippen LogP) is 2.62. The fourth-order valence-corrected chi connectivity index (χ4v) is 2.70. The molecule has 2 heteroatoms. The topological polar surface area (TPSA) is 46.2 Å². The third-order valence-electron chi connectivity index (χ3n) is 3.55. The second kappa shape index (κ2) is 4.67. The maximum Gasteiger partial charge on any atom is 0.119 e.